The second kappa shape index (κ2) is 10.5. The summed E-state index contributed by atoms with van der Waals surface area (Å²) in [5.41, 5.74) is 0.929. The molecule has 0 aliphatic rings. The molecular formula is C16H22BrNO4S. The van der Waals surface area contributed by atoms with E-state index in [1.54, 1.807) is 23.8 Å². The van der Waals surface area contributed by atoms with Crippen molar-refractivity contribution in [2.45, 2.75) is 19.0 Å². The molecule has 1 amide bonds. The summed E-state index contributed by atoms with van der Waals surface area (Å²) < 4.78 is 10.0. The Morgan fingerprint density at radius 3 is 2.39 bits per heavy atom. The van der Waals surface area contributed by atoms with Gasteiger partial charge in [0.1, 0.15) is 11.8 Å². The third-order valence-electron chi connectivity index (χ3n) is 3.39. The number of esters is 1. The Hall–Kier alpha value is -1.21. The minimum atomic E-state index is -0.584. The van der Waals surface area contributed by atoms with E-state index in [-0.39, 0.29) is 17.2 Å². The van der Waals surface area contributed by atoms with Crippen LogP contribution in [0.25, 0.3) is 0 Å². The largest absolute Gasteiger partial charge is 0.497 e. The van der Waals surface area contributed by atoms with Gasteiger partial charge in [-0.2, -0.15) is 11.8 Å². The molecule has 0 saturated carbocycles. The predicted molar refractivity (Wildman–Crippen MR) is 96.1 cm³/mol. The molecule has 5 nitrogen and oxygen atoms in total. The molecule has 0 fully saturated rings. The Morgan fingerprint density at radius 1 is 1.26 bits per heavy atom. The highest BCUT2D eigenvalue weighted by atomic mass is 79.9. The number of amides is 1. The summed E-state index contributed by atoms with van der Waals surface area (Å²) in [5.74, 6) is 0.993. The lowest BCUT2D eigenvalue weighted by Gasteiger charge is -2.29. The van der Waals surface area contributed by atoms with Crippen LogP contribution in [0.1, 0.15) is 12.0 Å². The normalized spacial score (nSPS) is 11.7. The topological polar surface area (TPSA) is 55.8 Å². The van der Waals surface area contributed by atoms with Gasteiger partial charge in [0.15, 0.2) is 0 Å². The Bertz CT molecular complexity index is 509. The van der Waals surface area contributed by atoms with Gasteiger partial charge in [0, 0.05) is 6.54 Å². The van der Waals surface area contributed by atoms with Crippen molar-refractivity contribution in [2.24, 2.45) is 0 Å². The fraction of sp³-hybridized carbons (Fsp3) is 0.500. The van der Waals surface area contributed by atoms with Crippen LogP contribution in [0.5, 0.6) is 5.75 Å². The monoisotopic (exact) mass is 403 g/mol. The molecule has 0 bridgehead atoms. The Morgan fingerprint density at radius 2 is 1.91 bits per heavy atom. The summed E-state index contributed by atoms with van der Waals surface area (Å²) in [4.78, 5) is 26.0. The molecule has 128 valence electrons. The molecule has 0 saturated heterocycles. The van der Waals surface area contributed by atoms with Gasteiger partial charge in [-0.1, -0.05) is 28.1 Å². The van der Waals surface area contributed by atoms with E-state index < -0.39 is 6.04 Å². The van der Waals surface area contributed by atoms with Crippen LogP contribution in [0, 0.1) is 0 Å². The number of carbonyl (C=O) groups excluding carboxylic acids is 2. The summed E-state index contributed by atoms with van der Waals surface area (Å²) in [5, 5.41) is 0.163. The van der Waals surface area contributed by atoms with E-state index in [1.165, 1.54) is 7.11 Å². The molecule has 1 atom stereocenters. The Kier molecular flexibility index (Phi) is 9.09. The van der Waals surface area contributed by atoms with Gasteiger partial charge in [0.25, 0.3) is 0 Å². The minimum absolute atomic E-state index is 0.141. The van der Waals surface area contributed by atoms with Crippen LogP contribution in [0.15, 0.2) is 24.3 Å². The molecule has 1 rings (SSSR count). The fourth-order valence-corrected chi connectivity index (χ4v) is 2.92. The zero-order valence-corrected chi connectivity index (χ0v) is 16.0. The van der Waals surface area contributed by atoms with E-state index in [4.69, 9.17) is 9.47 Å². The average molecular weight is 404 g/mol. The highest BCUT2D eigenvalue weighted by Crippen LogP contribution is 2.18. The van der Waals surface area contributed by atoms with Crippen LogP contribution >= 0.6 is 27.7 Å². The molecule has 0 spiro atoms. The van der Waals surface area contributed by atoms with E-state index in [2.05, 4.69) is 15.9 Å². The number of alkyl halides is 1. The van der Waals surface area contributed by atoms with Gasteiger partial charge in [-0.25, -0.2) is 4.79 Å². The summed E-state index contributed by atoms with van der Waals surface area (Å²) >= 11 is 4.82. The van der Waals surface area contributed by atoms with E-state index >= 15 is 0 Å². The lowest BCUT2D eigenvalue weighted by molar-refractivity contribution is -0.152. The molecule has 0 heterocycles. The predicted octanol–water partition coefficient (Wildman–Crippen LogP) is 2.71. The van der Waals surface area contributed by atoms with Crippen LogP contribution in [0.2, 0.25) is 0 Å². The van der Waals surface area contributed by atoms with Gasteiger partial charge in [-0.3, -0.25) is 4.79 Å². The molecule has 0 aromatic heterocycles. The average Bonchev–Trinajstić information content (AvgIpc) is 2.60. The maximum atomic E-state index is 12.3. The van der Waals surface area contributed by atoms with Gasteiger partial charge < -0.3 is 14.4 Å². The summed E-state index contributed by atoms with van der Waals surface area (Å²) in [6.45, 7) is 0.350. The van der Waals surface area contributed by atoms with Gasteiger partial charge in [0.05, 0.1) is 19.5 Å². The SMILES string of the molecule is COC(=O)[C@H](CCSC)N(Cc1ccc(OC)cc1)C(=O)CBr. The van der Waals surface area contributed by atoms with Crippen molar-refractivity contribution >= 4 is 39.6 Å². The third-order valence-corrected chi connectivity index (χ3v) is 4.52. The maximum Gasteiger partial charge on any atom is 0.328 e. The number of rotatable bonds is 9. The number of thioether (sulfide) groups is 1. The molecule has 0 unspecified atom stereocenters. The summed E-state index contributed by atoms with van der Waals surface area (Å²) in [6, 6.07) is 6.86. The van der Waals surface area contributed by atoms with Gasteiger partial charge in [-0.15, -0.1) is 0 Å². The van der Waals surface area contributed by atoms with Crippen LogP contribution in [0.3, 0.4) is 0 Å². The van der Waals surface area contributed by atoms with Crippen LogP contribution < -0.4 is 4.74 Å². The number of benzene rings is 1. The van der Waals surface area contributed by atoms with Crippen molar-refractivity contribution in [3.05, 3.63) is 29.8 Å². The van der Waals surface area contributed by atoms with Gasteiger partial charge in [0.2, 0.25) is 5.91 Å². The van der Waals surface area contributed by atoms with Gasteiger partial charge >= 0.3 is 5.97 Å². The van der Waals surface area contributed by atoms with E-state index in [0.717, 1.165) is 17.1 Å². The quantitative estimate of drug-likeness (QED) is 0.468. The Labute approximate surface area is 149 Å². The van der Waals surface area contributed by atoms with Crippen molar-refractivity contribution in [1.82, 2.24) is 4.90 Å². The number of hydrogen-bond donors (Lipinski definition) is 0. The lowest BCUT2D eigenvalue weighted by Crippen LogP contribution is -2.46. The lowest BCUT2D eigenvalue weighted by atomic mass is 10.1. The van der Waals surface area contributed by atoms with Gasteiger partial charge in [-0.05, 0) is 36.1 Å². The zero-order chi connectivity index (χ0) is 17.2. The van der Waals surface area contributed by atoms with Crippen LogP contribution in [0.4, 0.5) is 0 Å². The highest BCUT2D eigenvalue weighted by molar-refractivity contribution is 9.09. The first-order chi connectivity index (χ1) is 11.1. The van der Waals surface area contributed by atoms with Crippen molar-refractivity contribution in [3.63, 3.8) is 0 Å². The second-order valence-corrected chi connectivity index (χ2v) is 6.37. The van der Waals surface area contributed by atoms with Crippen molar-refractivity contribution in [3.8, 4) is 5.75 Å². The minimum Gasteiger partial charge on any atom is -0.497 e. The van der Waals surface area contributed by atoms with Crippen molar-refractivity contribution in [1.29, 1.82) is 0 Å². The standard InChI is InChI=1S/C16H22BrNO4S/c1-21-13-6-4-12(5-7-13)11-18(15(19)10-17)14(8-9-23-3)16(20)22-2/h4-7,14H,8-11H2,1-3H3/t14-/m0/s1. The number of halogens is 1. The van der Waals surface area contributed by atoms with Crippen LogP contribution in [-0.2, 0) is 20.9 Å². The number of ether oxygens (including phenoxy) is 2. The van der Waals surface area contributed by atoms with E-state index in [9.17, 15) is 9.59 Å². The fourth-order valence-electron chi connectivity index (χ4n) is 2.14. The molecule has 0 aliphatic heterocycles. The third kappa shape index (κ3) is 6.06. The van der Waals surface area contributed by atoms with E-state index in [1.807, 2.05) is 30.5 Å². The first-order valence-corrected chi connectivity index (χ1v) is 9.64. The van der Waals surface area contributed by atoms with E-state index in [0.29, 0.717) is 13.0 Å². The molecule has 23 heavy (non-hydrogen) atoms. The molecule has 0 aliphatic carbocycles. The number of nitrogens with zero attached hydrogens (tertiary/aromatic N) is 1. The molecule has 7 heteroatoms. The Balaban J connectivity index is 2.99. The molecule has 0 radical (unpaired) electrons. The molecule has 0 N–H and O–H groups in total. The first-order valence-electron chi connectivity index (χ1n) is 7.12. The molecule has 1 aromatic carbocycles. The smallest absolute Gasteiger partial charge is 0.328 e. The number of methoxy groups -OCH3 is 2. The molecule has 1 aromatic rings. The second-order valence-electron chi connectivity index (χ2n) is 4.82. The number of carbonyl (C=O) groups is 2. The highest BCUT2D eigenvalue weighted by Gasteiger charge is 2.29. The maximum absolute atomic E-state index is 12.3. The van der Waals surface area contributed by atoms with Crippen molar-refractivity contribution in [2.75, 3.05) is 31.6 Å². The zero-order valence-electron chi connectivity index (χ0n) is 13.6. The summed E-state index contributed by atoms with van der Waals surface area (Å²) in [7, 11) is 2.95. The molecular weight excluding hydrogens is 382 g/mol. The summed E-state index contributed by atoms with van der Waals surface area (Å²) in [6.07, 6.45) is 2.52. The number of hydrogen-bond acceptors (Lipinski definition) is 5. The van der Waals surface area contributed by atoms with Crippen LogP contribution in [-0.4, -0.2) is 54.4 Å². The first kappa shape index (κ1) is 19.8. The van der Waals surface area contributed by atoms with Crippen molar-refractivity contribution < 1.29 is 19.1 Å².